The number of nitrogens with zero attached hydrogens (tertiary/aromatic N) is 1. The largest absolute Gasteiger partial charge is 0.497 e. The number of benzene rings is 3. The first-order valence-electron chi connectivity index (χ1n) is 11.7. The highest BCUT2D eigenvalue weighted by molar-refractivity contribution is 7.89. The number of rotatable bonds is 7. The summed E-state index contributed by atoms with van der Waals surface area (Å²) in [6.07, 6.45) is 1.04. The number of carbonyl (C=O) groups excluding carboxylic acids is 1. The molecule has 1 fully saturated rings. The Bertz CT molecular complexity index is 1260. The standard InChI is InChI=1S/C27H32N2O4S/c1-19(2)21-7-10-26(11-8-21)34(31,32)29-14-12-22(13-15-29)27(30)28-18-20-4-5-24-17-25(33-3)9-6-23(24)16-20/h4-11,16-17,19,22H,12-15,18H2,1-3H3,(H,28,30). The Morgan fingerprint density at radius 3 is 2.29 bits per heavy atom. The van der Waals surface area contributed by atoms with E-state index in [0.717, 1.165) is 27.6 Å². The number of methoxy groups -OCH3 is 1. The van der Waals surface area contributed by atoms with Gasteiger partial charge in [-0.2, -0.15) is 4.31 Å². The van der Waals surface area contributed by atoms with Crippen molar-refractivity contribution in [2.45, 2.75) is 44.0 Å². The maximum absolute atomic E-state index is 13.0. The molecule has 7 heteroatoms. The van der Waals surface area contributed by atoms with Gasteiger partial charge in [0.15, 0.2) is 0 Å². The van der Waals surface area contributed by atoms with Crippen LogP contribution in [-0.4, -0.2) is 38.8 Å². The van der Waals surface area contributed by atoms with Gasteiger partial charge in [-0.1, -0.05) is 44.2 Å². The summed E-state index contributed by atoms with van der Waals surface area (Å²) in [5, 5.41) is 5.20. The molecule has 0 radical (unpaired) electrons. The first kappa shape index (κ1) is 24.2. The van der Waals surface area contributed by atoms with Gasteiger partial charge in [0.1, 0.15) is 5.75 Å². The molecule has 1 aliphatic rings. The van der Waals surface area contributed by atoms with Crippen LogP contribution in [0.4, 0.5) is 0 Å². The first-order valence-corrected chi connectivity index (χ1v) is 13.2. The van der Waals surface area contributed by atoms with Crippen molar-refractivity contribution >= 4 is 26.7 Å². The zero-order valence-corrected chi connectivity index (χ0v) is 20.8. The minimum absolute atomic E-state index is 0.0202. The van der Waals surface area contributed by atoms with Crippen LogP contribution in [-0.2, 0) is 21.4 Å². The van der Waals surface area contributed by atoms with Crippen molar-refractivity contribution in [3.63, 3.8) is 0 Å². The van der Waals surface area contributed by atoms with Crippen LogP contribution in [0, 0.1) is 5.92 Å². The molecule has 1 saturated heterocycles. The van der Waals surface area contributed by atoms with Gasteiger partial charge < -0.3 is 10.1 Å². The first-order chi connectivity index (χ1) is 16.3. The van der Waals surface area contributed by atoms with Crippen molar-refractivity contribution in [2.24, 2.45) is 5.92 Å². The lowest BCUT2D eigenvalue weighted by Gasteiger charge is -2.30. The highest BCUT2D eigenvalue weighted by Crippen LogP contribution is 2.26. The predicted molar refractivity (Wildman–Crippen MR) is 134 cm³/mol. The van der Waals surface area contributed by atoms with Gasteiger partial charge in [-0.15, -0.1) is 0 Å². The van der Waals surface area contributed by atoms with Gasteiger partial charge in [0.2, 0.25) is 15.9 Å². The van der Waals surface area contributed by atoms with E-state index in [1.165, 1.54) is 4.31 Å². The predicted octanol–water partition coefficient (Wildman–Crippen LogP) is 4.69. The number of nitrogens with one attached hydrogen (secondary N) is 1. The molecular weight excluding hydrogens is 448 g/mol. The molecule has 0 spiro atoms. The summed E-state index contributed by atoms with van der Waals surface area (Å²) in [6.45, 7) is 5.31. The summed E-state index contributed by atoms with van der Waals surface area (Å²) in [4.78, 5) is 13.1. The van der Waals surface area contributed by atoms with Crippen LogP contribution in [0.5, 0.6) is 5.75 Å². The Kier molecular flexibility index (Phi) is 7.24. The lowest BCUT2D eigenvalue weighted by atomic mass is 9.97. The number of amides is 1. The Hall–Kier alpha value is -2.90. The average Bonchev–Trinajstić information content (AvgIpc) is 2.86. The molecule has 0 saturated carbocycles. The highest BCUT2D eigenvalue weighted by Gasteiger charge is 2.32. The minimum Gasteiger partial charge on any atom is -0.497 e. The van der Waals surface area contributed by atoms with Crippen molar-refractivity contribution < 1.29 is 17.9 Å². The van der Waals surface area contributed by atoms with Gasteiger partial charge in [0.25, 0.3) is 0 Å². The molecule has 0 aromatic heterocycles. The lowest BCUT2D eigenvalue weighted by molar-refractivity contribution is -0.126. The fraction of sp³-hybridized carbons (Fsp3) is 0.370. The summed E-state index contributed by atoms with van der Waals surface area (Å²) in [5.74, 6) is 0.964. The number of hydrogen-bond acceptors (Lipinski definition) is 4. The van der Waals surface area contributed by atoms with E-state index in [-0.39, 0.29) is 11.8 Å². The van der Waals surface area contributed by atoms with Crippen LogP contribution in [0.1, 0.15) is 43.7 Å². The van der Waals surface area contributed by atoms with Crippen molar-refractivity contribution in [3.05, 3.63) is 71.8 Å². The van der Waals surface area contributed by atoms with Gasteiger partial charge in [-0.3, -0.25) is 4.79 Å². The number of fused-ring (bicyclic) bond motifs is 1. The molecule has 3 aromatic rings. The zero-order valence-electron chi connectivity index (χ0n) is 20.0. The van der Waals surface area contributed by atoms with Crippen LogP contribution in [0.2, 0.25) is 0 Å². The number of ether oxygens (including phenoxy) is 1. The molecule has 4 rings (SSSR count). The van der Waals surface area contributed by atoms with Crippen LogP contribution in [0.3, 0.4) is 0 Å². The van der Waals surface area contributed by atoms with Gasteiger partial charge in [0.05, 0.1) is 12.0 Å². The average molecular weight is 481 g/mol. The molecule has 0 unspecified atom stereocenters. The maximum atomic E-state index is 13.0. The van der Waals surface area contributed by atoms with E-state index in [9.17, 15) is 13.2 Å². The summed E-state index contributed by atoms with van der Waals surface area (Å²) in [5.41, 5.74) is 2.14. The third-order valence-electron chi connectivity index (χ3n) is 6.59. The second kappa shape index (κ2) is 10.2. The van der Waals surface area contributed by atoms with Gasteiger partial charge in [0, 0.05) is 25.6 Å². The smallest absolute Gasteiger partial charge is 0.243 e. The topological polar surface area (TPSA) is 75.7 Å². The molecule has 3 aromatic carbocycles. The highest BCUT2D eigenvalue weighted by atomic mass is 32.2. The molecule has 0 bridgehead atoms. The molecule has 1 N–H and O–H groups in total. The zero-order chi connectivity index (χ0) is 24.3. The normalized spacial score (nSPS) is 15.5. The quantitative estimate of drug-likeness (QED) is 0.532. The lowest BCUT2D eigenvalue weighted by Crippen LogP contribution is -2.42. The SMILES string of the molecule is COc1ccc2cc(CNC(=O)C3CCN(S(=O)(=O)c4ccc(C(C)C)cc4)CC3)ccc2c1. The van der Waals surface area contributed by atoms with Gasteiger partial charge >= 0.3 is 0 Å². The maximum Gasteiger partial charge on any atom is 0.243 e. The van der Waals surface area contributed by atoms with E-state index in [1.54, 1.807) is 19.2 Å². The Morgan fingerprint density at radius 1 is 1.00 bits per heavy atom. The summed E-state index contributed by atoms with van der Waals surface area (Å²) >= 11 is 0. The summed E-state index contributed by atoms with van der Waals surface area (Å²) < 4.78 is 32.8. The van der Waals surface area contributed by atoms with E-state index in [1.807, 2.05) is 42.5 Å². The molecule has 1 aliphatic heterocycles. The Labute approximate surface area is 202 Å². The number of sulfonamides is 1. The van der Waals surface area contributed by atoms with Crippen molar-refractivity contribution in [1.29, 1.82) is 0 Å². The van der Waals surface area contributed by atoms with Gasteiger partial charge in [-0.25, -0.2) is 8.42 Å². The second-order valence-corrected chi connectivity index (χ2v) is 11.1. The summed E-state index contributed by atoms with van der Waals surface area (Å²) in [7, 11) is -1.89. The van der Waals surface area contributed by atoms with Crippen molar-refractivity contribution in [1.82, 2.24) is 9.62 Å². The molecular formula is C27H32N2O4S. The van der Waals surface area contributed by atoms with Crippen LogP contribution >= 0.6 is 0 Å². The monoisotopic (exact) mass is 480 g/mol. The van der Waals surface area contributed by atoms with E-state index in [2.05, 4.69) is 25.2 Å². The minimum atomic E-state index is -3.54. The molecule has 0 aliphatic carbocycles. The Morgan fingerprint density at radius 2 is 1.65 bits per heavy atom. The van der Waals surface area contributed by atoms with E-state index in [4.69, 9.17) is 4.74 Å². The van der Waals surface area contributed by atoms with Crippen LogP contribution in [0.15, 0.2) is 65.6 Å². The van der Waals surface area contributed by atoms with E-state index < -0.39 is 10.0 Å². The number of piperidine rings is 1. The summed E-state index contributed by atoms with van der Waals surface area (Å²) in [6, 6.07) is 19.1. The molecule has 0 atom stereocenters. The fourth-order valence-electron chi connectivity index (χ4n) is 4.38. The number of hydrogen-bond donors (Lipinski definition) is 1. The van der Waals surface area contributed by atoms with Gasteiger partial charge in [-0.05, 0) is 71.0 Å². The van der Waals surface area contributed by atoms with E-state index >= 15 is 0 Å². The molecule has 1 amide bonds. The third-order valence-corrected chi connectivity index (χ3v) is 8.50. The van der Waals surface area contributed by atoms with Crippen LogP contribution in [0.25, 0.3) is 10.8 Å². The fourth-order valence-corrected chi connectivity index (χ4v) is 5.85. The van der Waals surface area contributed by atoms with Crippen molar-refractivity contribution in [3.8, 4) is 5.75 Å². The van der Waals surface area contributed by atoms with Crippen molar-refractivity contribution in [2.75, 3.05) is 20.2 Å². The second-order valence-electron chi connectivity index (χ2n) is 9.17. The molecule has 1 heterocycles. The third kappa shape index (κ3) is 5.26. The Balaban J connectivity index is 1.32. The molecule has 6 nitrogen and oxygen atoms in total. The van der Waals surface area contributed by atoms with Crippen LogP contribution < -0.4 is 10.1 Å². The molecule has 34 heavy (non-hydrogen) atoms. The van der Waals surface area contributed by atoms with E-state index in [0.29, 0.717) is 43.3 Å². The molecule has 180 valence electrons. The number of carbonyl (C=O) groups is 1.